The number of halogens is 1. The van der Waals surface area contributed by atoms with E-state index in [1.807, 2.05) is 12.1 Å². The Morgan fingerprint density at radius 3 is 2.35 bits per heavy atom. The predicted molar refractivity (Wildman–Crippen MR) is 165 cm³/mol. The molecule has 1 saturated carbocycles. The number of benzene rings is 3. The summed E-state index contributed by atoms with van der Waals surface area (Å²) in [6.07, 6.45) is 0.944. The van der Waals surface area contributed by atoms with Gasteiger partial charge < -0.3 is 14.6 Å². The van der Waals surface area contributed by atoms with Gasteiger partial charge in [0.05, 0.1) is 43.1 Å². The number of nitrogens with zero attached hydrogens (tertiary/aromatic N) is 2. The van der Waals surface area contributed by atoms with Crippen molar-refractivity contribution in [1.82, 2.24) is 4.90 Å². The highest BCUT2D eigenvalue weighted by Gasteiger charge is 2.70. The number of phenols is 1. The standard InChI is InChI=1S/C35H29ClN2O8/c1-45-21-11-12-23(27(39)16-21)29-22-13-14-24-28(32(42)38(30(24)40)34(44)46-2)25(22)17-26-31(41)37(20-10-6-9-19(36)15-20)33(43)35(26,29)18-7-4-3-5-8-18/h3-13,15-16,24-26,28-29,39H,14,17H2,1-2H3. The van der Waals surface area contributed by atoms with E-state index in [0.29, 0.717) is 38.1 Å². The van der Waals surface area contributed by atoms with E-state index in [1.165, 1.54) is 13.2 Å². The topological polar surface area (TPSA) is 131 Å². The Balaban J connectivity index is 1.50. The van der Waals surface area contributed by atoms with Gasteiger partial charge in [0.15, 0.2) is 0 Å². The molecule has 2 heterocycles. The maximum atomic E-state index is 15.1. The molecule has 46 heavy (non-hydrogen) atoms. The van der Waals surface area contributed by atoms with Crippen LogP contribution in [0.5, 0.6) is 11.5 Å². The second-order valence-corrected chi connectivity index (χ2v) is 12.4. The predicted octanol–water partition coefficient (Wildman–Crippen LogP) is 4.98. The monoisotopic (exact) mass is 640 g/mol. The van der Waals surface area contributed by atoms with E-state index in [4.69, 9.17) is 21.1 Å². The summed E-state index contributed by atoms with van der Waals surface area (Å²) >= 11 is 6.32. The zero-order valence-electron chi connectivity index (χ0n) is 24.9. The van der Waals surface area contributed by atoms with E-state index in [1.54, 1.807) is 60.7 Å². The molecule has 2 saturated heterocycles. The van der Waals surface area contributed by atoms with Gasteiger partial charge in [0.1, 0.15) is 11.5 Å². The van der Waals surface area contributed by atoms with Crippen LogP contribution in [0.2, 0.25) is 5.02 Å². The van der Waals surface area contributed by atoms with Crippen LogP contribution < -0.4 is 9.64 Å². The maximum Gasteiger partial charge on any atom is 0.423 e. The van der Waals surface area contributed by atoms with Gasteiger partial charge >= 0.3 is 6.09 Å². The molecule has 0 aromatic heterocycles. The van der Waals surface area contributed by atoms with Gasteiger partial charge in [0, 0.05) is 22.6 Å². The van der Waals surface area contributed by atoms with E-state index in [9.17, 15) is 24.3 Å². The maximum absolute atomic E-state index is 15.1. The van der Waals surface area contributed by atoms with Gasteiger partial charge in [-0.3, -0.25) is 19.2 Å². The number of imide groups is 4. The van der Waals surface area contributed by atoms with Crippen molar-refractivity contribution in [3.63, 3.8) is 0 Å². The molecule has 3 aromatic carbocycles. The molecule has 3 fully saturated rings. The van der Waals surface area contributed by atoms with Crippen molar-refractivity contribution in [2.24, 2.45) is 23.7 Å². The number of fused-ring (bicyclic) bond motifs is 4. The molecule has 2 aliphatic heterocycles. The van der Waals surface area contributed by atoms with Gasteiger partial charge in [-0.15, -0.1) is 0 Å². The Hall–Kier alpha value is -4.96. The van der Waals surface area contributed by atoms with Gasteiger partial charge in [-0.25, -0.2) is 9.69 Å². The van der Waals surface area contributed by atoms with Gasteiger partial charge in [-0.1, -0.05) is 65.7 Å². The minimum absolute atomic E-state index is 0.0466. The van der Waals surface area contributed by atoms with E-state index in [-0.39, 0.29) is 18.6 Å². The third kappa shape index (κ3) is 3.99. The first-order valence-corrected chi connectivity index (χ1v) is 15.2. The Morgan fingerprint density at radius 1 is 0.913 bits per heavy atom. The molecule has 11 heteroatoms. The SMILES string of the molecule is COC(=O)N1C(=O)C2CC=C3C(CC4C(=O)N(c5cccc(Cl)c5)C(=O)C4(c4ccccc4)C3c3ccc(OC)cc3O)C2C1=O. The van der Waals surface area contributed by atoms with Crippen LogP contribution >= 0.6 is 11.6 Å². The Labute approximate surface area is 269 Å². The van der Waals surface area contributed by atoms with Crippen LogP contribution in [0.4, 0.5) is 10.5 Å². The minimum atomic E-state index is -1.55. The number of likely N-dealkylation sites (tertiary alicyclic amines) is 1. The number of aromatic hydroxyl groups is 1. The minimum Gasteiger partial charge on any atom is -0.508 e. The number of carbonyl (C=O) groups excluding carboxylic acids is 5. The summed E-state index contributed by atoms with van der Waals surface area (Å²) in [4.78, 5) is 71.3. The lowest BCUT2D eigenvalue weighted by molar-refractivity contribution is -0.138. The summed E-state index contributed by atoms with van der Waals surface area (Å²) in [5, 5.41) is 11.9. The second kappa shape index (κ2) is 10.8. The van der Waals surface area contributed by atoms with Crippen molar-refractivity contribution in [3.8, 4) is 11.5 Å². The van der Waals surface area contributed by atoms with Gasteiger partial charge in [-0.05, 0) is 48.6 Å². The average Bonchev–Trinajstić information content (AvgIpc) is 3.45. The van der Waals surface area contributed by atoms with E-state index < -0.39 is 64.7 Å². The fourth-order valence-corrected chi connectivity index (χ4v) is 8.44. The number of methoxy groups -OCH3 is 2. The van der Waals surface area contributed by atoms with E-state index in [2.05, 4.69) is 0 Å². The molecule has 10 nitrogen and oxygen atoms in total. The average molecular weight is 641 g/mol. The summed E-state index contributed by atoms with van der Waals surface area (Å²) < 4.78 is 10.1. The molecule has 3 aromatic rings. The highest BCUT2D eigenvalue weighted by molar-refractivity contribution is 6.32. The van der Waals surface area contributed by atoms with E-state index >= 15 is 4.79 Å². The van der Waals surface area contributed by atoms with Crippen LogP contribution in [-0.2, 0) is 29.3 Å². The zero-order valence-corrected chi connectivity index (χ0v) is 25.6. The number of carbonyl (C=O) groups is 5. The summed E-state index contributed by atoms with van der Waals surface area (Å²) in [6.45, 7) is 0. The van der Waals surface area contributed by atoms with Crippen molar-refractivity contribution < 1.29 is 38.6 Å². The smallest absolute Gasteiger partial charge is 0.423 e. The Morgan fingerprint density at radius 2 is 1.67 bits per heavy atom. The number of anilines is 1. The molecule has 5 amide bonds. The fourth-order valence-electron chi connectivity index (χ4n) is 8.25. The molecule has 6 atom stereocenters. The highest BCUT2D eigenvalue weighted by atomic mass is 35.5. The molecular formula is C35H29ClN2O8. The lowest BCUT2D eigenvalue weighted by atomic mass is 9.49. The summed E-state index contributed by atoms with van der Waals surface area (Å²) in [5.74, 6) is -6.57. The van der Waals surface area contributed by atoms with Crippen LogP contribution in [0, 0.1) is 23.7 Å². The van der Waals surface area contributed by atoms with Crippen molar-refractivity contribution >= 4 is 47.0 Å². The number of hydrogen-bond acceptors (Lipinski definition) is 8. The third-order valence-corrected chi connectivity index (χ3v) is 10.3. The van der Waals surface area contributed by atoms with Crippen molar-refractivity contribution in [3.05, 3.63) is 101 Å². The molecule has 7 rings (SSSR count). The first kappa shape index (κ1) is 29.7. The number of allylic oxidation sites excluding steroid dienone is 2. The van der Waals surface area contributed by atoms with Crippen LogP contribution in [0.25, 0.3) is 0 Å². The normalized spacial score (nSPS) is 28.4. The highest BCUT2D eigenvalue weighted by Crippen LogP contribution is 2.65. The van der Waals surface area contributed by atoms with E-state index in [0.717, 1.165) is 12.0 Å². The van der Waals surface area contributed by atoms with Crippen LogP contribution in [0.3, 0.4) is 0 Å². The molecule has 234 valence electrons. The second-order valence-electron chi connectivity index (χ2n) is 12.0. The lowest BCUT2D eigenvalue weighted by Gasteiger charge is -2.50. The number of ether oxygens (including phenoxy) is 2. The number of amides is 5. The molecule has 1 N–H and O–H groups in total. The van der Waals surface area contributed by atoms with Crippen molar-refractivity contribution in [2.45, 2.75) is 24.2 Å². The van der Waals surface area contributed by atoms with Crippen molar-refractivity contribution in [2.75, 3.05) is 19.1 Å². The summed E-state index contributed by atoms with van der Waals surface area (Å²) in [7, 11) is 2.56. The Kier molecular flexibility index (Phi) is 7.01. The Bertz CT molecular complexity index is 1860. The molecule has 0 bridgehead atoms. The molecule has 6 unspecified atom stereocenters. The van der Waals surface area contributed by atoms with Gasteiger partial charge in [0.2, 0.25) is 23.6 Å². The lowest BCUT2D eigenvalue weighted by Crippen LogP contribution is -2.53. The fraction of sp³-hybridized carbons (Fsp3) is 0.286. The summed E-state index contributed by atoms with van der Waals surface area (Å²) in [5.41, 5.74) is 0.317. The summed E-state index contributed by atoms with van der Waals surface area (Å²) in [6, 6.07) is 20.2. The third-order valence-electron chi connectivity index (χ3n) is 10.1. The quantitative estimate of drug-likeness (QED) is 0.312. The molecular weight excluding hydrogens is 612 g/mol. The van der Waals surface area contributed by atoms with Gasteiger partial charge in [0.25, 0.3) is 0 Å². The molecule has 0 radical (unpaired) electrons. The first-order chi connectivity index (χ1) is 22.1. The number of phenolic OH excluding ortho intramolecular Hbond substituents is 1. The van der Waals surface area contributed by atoms with Crippen LogP contribution in [-0.4, -0.2) is 53.9 Å². The largest absolute Gasteiger partial charge is 0.508 e. The van der Waals surface area contributed by atoms with Crippen LogP contribution in [0.15, 0.2) is 84.4 Å². The first-order valence-electron chi connectivity index (χ1n) is 14.9. The molecule has 2 aliphatic carbocycles. The number of rotatable bonds is 4. The van der Waals surface area contributed by atoms with Crippen molar-refractivity contribution in [1.29, 1.82) is 0 Å². The molecule has 4 aliphatic rings. The zero-order chi connectivity index (χ0) is 32.5. The number of hydrogen-bond donors (Lipinski definition) is 1. The van der Waals surface area contributed by atoms with Gasteiger partial charge in [-0.2, -0.15) is 4.90 Å². The van der Waals surface area contributed by atoms with Crippen LogP contribution in [0.1, 0.15) is 29.9 Å². The molecule has 0 spiro atoms.